The molecule has 0 aliphatic heterocycles. The predicted molar refractivity (Wildman–Crippen MR) is 82.9 cm³/mol. The summed E-state index contributed by atoms with van der Waals surface area (Å²) in [7, 11) is 0. The van der Waals surface area contributed by atoms with Gasteiger partial charge in [-0.05, 0) is 43.1 Å². The SMILES string of the molecule is CC(C)(C)OC(=O)NCCCOc1cnc(Br)c([N+](=O)[O-])c1. The average Bonchev–Trinajstić information content (AvgIpc) is 2.37. The molecule has 9 heteroatoms. The minimum Gasteiger partial charge on any atom is -0.492 e. The number of alkyl carbamates (subject to hydrolysis) is 1. The van der Waals surface area contributed by atoms with Crippen molar-refractivity contribution in [1.29, 1.82) is 0 Å². The molecule has 1 amide bonds. The van der Waals surface area contributed by atoms with Crippen LogP contribution in [0.15, 0.2) is 16.9 Å². The number of carbonyl (C=O) groups excluding carboxylic acids is 1. The zero-order valence-electron chi connectivity index (χ0n) is 12.6. The van der Waals surface area contributed by atoms with E-state index in [0.717, 1.165) is 0 Å². The fourth-order valence-corrected chi connectivity index (χ4v) is 1.75. The summed E-state index contributed by atoms with van der Waals surface area (Å²) in [5.41, 5.74) is -0.702. The Morgan fingerprint density at radius 1 is 1.50 bits per heavy atom. The van der Waals surface area contributed by atoms with E-state index in [0.29, 0.717) is 18.7 Å². The van der Waals surface area contributed by atoms with Crippen LogP contribution in [0.25, 0.3) is 0 Å². The van der Waals surface area contributed by atoms with Gasteiger partial charge in [-0.25, -0.2) is 9.78 Å². The van der Waals surface area contributed by atoms with Gasteiger partial charge in [0.15, 0.2) is 4.60 Å². The van der Waals surface area contributed by atoms with Gasteiger partial charge >= 0.3 is 11.8 Å². The fourth-order valence-electron chi connectivity index (χ4n) is 1.39. The maximum Gasteiger partial charge on any atom is 0.407 e. The molecule has 8 nitrogen and oxygen atoms in total. The van der Waals surface area contributed by atoms with Crippen LogP contribution < -0.4 is 10.1 Å². The van der Waals surface area contributed by atoms with Gasteiger partial charge in [0.1, 0.15) is 11.4 Å². The third-order valence-electron chi connectivity index (χ3n) is 2.25. The molecule has 0 unspecified atom stereocenters. The molecule has 0 aromatic carbocycles. The van der Waals surface area contributed by atoms with Crippen LogP contribution in [0.1, 0.15) is 27.2 Å². The highest BCUT2D eigenvalue weighted by molar-refractivity contribution is 9.10. The zero-order chi connectivity index (χ0) is 16.8. The molecule has 1 heterocycles. The van der Waals surface area contributed by atoms with Crippen molar-refractivity contribution in [3.63, 3.8) is 0 Å². The number of ether oxygens (including phenoxy) is 2. The second-order valence-electron chi connectivity index (χ2n) is 5.37. The van der Waals surface area contributed by atoms with E-state index >= 15 is 0 Å². The molecule has 0 saturated carbocycles. The Kier molecular flexibility index (Phi) is 6.54. The molecule has 0 bridgehead atoms. The number of rotatable bonds is 6. The van der Waals surface area contributed by atoms with E-state index in [4.69, 9.17) is 9.47 Å². The molecular formula is C13H18BrN3O5. The monoisotopic (exact) mass is 375 g/mol. The molecule has 0 aliphatic rings. The number of nitro groups is 1. The number of hydrogen-bond acceptors (Lipinski definition) is 6. The van der Waals surface area contributed by atoms with Gasteiger partial charge in [-0.15, -0.1) is 0 Å². The molecule has 22 heavy (non-hydrogen) atoms. The number of amides is 1. The van der Waals surface area contributed by atoms with Gasteiger partial charge in [0, 0.05) is 6.54 Å². The van der Waals surface area contributed by atoms with E-state index < -0.39 is 16.6 Å². The van der Waals surface area contributed by atoms with Crippen molar-refractivity contribution in [3.8, 4) is 5.75 Å². The summed E-state index contributed by atoms with van der Waals surface area (Å²) < 4.78 is 10.6. The minimum absolute atomic E-state index is 0.149. The van der Waals surface area contributed by atoms with Crippen molar-refractivity contribution >= 4 is 27.7 Å². The Morgan fingerprint density at radius 2 is 2.18 bits per heavy atom. The van der Waals surface area contributed by atoms with Crippen molar-refractivity contribution in [2.75, 3.05) is 13.2 Å². The van der Waals surface area contributed by atoms with Crippen LogP contribution in [0.3, 0.4) is 0 Å². The van der Waals surface area contributed by atoms with Crippen LogP contribution in [0.4, 0.5) is 10.5 Å². The van der Waals surface area contributed by atoms with Gasteiger partial charge in [-0.1, -0.05) is 0 Å². The fraction of sp³-hybridized carbons (Fsp3) is 0.538. The summed E-state index contributed by atoms with van der Waals surface area (Å²) in [5.74, 6) is 0.298. The normalized spacial score (nSPS) is 10.9. The molecule has 0 spiro atoms. The van der Waals surface area contributed by atoms with Crippen LogP contribution in [-0.4, -0.2) is 34.8 Å². The van der Waals surface area contributed by atoms with Gasteiger partial charge in [-0.3, -0.25) is 10.1 Å². The number of nitrogens with zero attached hydrogens (tertiary/aromatic N) is 2. The quantitative estimate of drug-likeness (QED) is 0.354. The highest BCUT2D eigenvalue weighted by Gasteiger charge is 2.16. The van der Waals surface area contributed by atoms with E-state index in [1.54, 1.807) is 20.8 Å². The summed E-state index contributed by atoms with van der Waals surface area (Å²) in [6, 6.07) is 1.29. The molecule has 0 radical (unpaired) electrons. The highest BCUT2D eigenvalue weighted by Crippen LogP contribution is 2.26. The van der Waals surface area contributed by atoms with Crippen LogP contribution in [0.5, 0.6) is 5.75 Å². The first-order valence-corrected chi connectivity index (χ1v) is 7.38. The molecule has 122 valence electrons. The third kappa shape index (κ3) is 6.70. The summed E-state index contributed by atoms with van der Waals surface area (Å²) in [4.78, 5) is 25.4. The highest BCUT2D eigenvalue weighted by atomic mass is 79.9. The Labute approximate surface area is 136 Å². The van der Waals surface area contributed by atoms with Crippen molar-refractivity contribution in [3.05, 3.63) is 27.0 Å². The summed E-state index contributed by atoms with van der Waals surface area (Å²) in [6.07, 6.45) is 1.43. The molecule has 0 atom stereocenters. The summed E-state index contributed by atoms with van der Waals surface area (Å²) >= 11 is 2.99. The number of halogens is 1. The molecular weight excluding hydrogens is 358 g/mol. The lowest BCUT2D eigenvalue weighted by molar-refractivity contribution is -0.386. The first-order valence-electron chi connectivity index (χ1n) is 6.58. The Balaban J connectivity index is 2.32. The van der Waals surface area contributed by atoms with E-state index in [1.807, 2.05) is 0 Å². The van der Waals surface area contributed by atoms with Crippen LogP contribution >= 0.6 is 15.9 Å². The second kappa shape index (κ2) is 7.92. The molecule has 1 aromatic heterocycles. The van der Waals surface area contributed by atoms with Crippen LogP contribution in [0.2, 0.25) is 0 Å². The lowest BCUT2D eigenvalue weighted by atomic mass is 10.2. The zero-order valence-corrected chi connectivity index (χ0v) is 14.2. The largest absolute Gasteiger partial charge is 0.492 e. The number of hydrogen-bond donors (Lipinski definition) is 1. The van der Waals surface area contributed by atoms with Gasteiger partial charge in [0.25, 0.3) is 0 Å². The van der Waals surface area contributed by atoms with Crippen LogP contribution in [-0.2, 0) is 4.74 Å². The molecule has 0 aliphatic carbocycles. The molecule has 1 rings (SSSR count). The van der Waals surface area contributed by atoms with Crippen molar-refractivity contribution in [2.45, 2.75) is 32.8 Å². The molecule has 1 aromatic rings. The Hall–Kier alpha value is -1.90. The predicted octanol–water partition coefficient (Wildman–Crippen LogP) is 3.05. The van der Waals surface area contributed by atoms with Gasteiger partial charge in [0.05, 0.1) is 23.8 Å². The topological polar surface area (TPSA) is 104 Å². The minimum atomic E-state index is -0.548. The van der Waals surface area contributed by atoms with Gasteiger partial charge < -0.3 is 14.8 Å². The number of aromatic nitrogens is 1. The lowest BCUT2D eigenvalue weighted by Crippen LogP contribution is -2.33. The maximum absolute atomic E-state index is 11.4. The van der Waals surface area contributed by atoms with Crippen LogP contribution in [0, 0.1) is 10.1 Å². The second-order valence-corrected chi connectivity index (χ2v) is 6.12. The van der Waals surface area contributed by atoms with E-state index in [9.17, 15) is 14.9 Å². The standard InChI is InChI=1S/C13H18BrN3O5/c1-13(2,3)22-12(18)15-5-4-6-21-9-7-10(17(19)20)11(14)16-8-9/h7-8H,4-6H2,1-3H3,(H,15,18). The first-order chi connectivity index (χ1) is 10.2. The summed E-state index contributed by atoms with van der Waals surface area (Å²) in [5, 5.41) is 13.3. The summed E-state index contributed by atoms with van der Waals surface area (Å²) in [6.45, 7) is 6.01. The first kappa shape index (κ1) is 18.1. The van der Waals surface area contributed by atoms with E-state index in [2.05, 4.69) is 26.2 Å². The smallest absolute Gasteiger partial charge is 0.407 e. The average molecular weight is 376 g/mol. The maximum atomic E-state index is 11.4. The van der Waals surface area contributed by atoms with Gasteiger partial charge in [0.2, 0.25) is 0 Å². The van der Waals surface area contributed by atoms with Crippen molar-refractivity contribution in [1.82, 2.24) is 10.3 Å². The van der Waals surface area contributed by atoms with E-state index in [-0.39, 0.29) is 16.9 Å². The molecule has 1 N–H and O–H groups in total. The lowest BCUT2D eigenvalue weighted by Gasteiger charge is -2.19. The number of pyridine rings is 1. The van der Waals surface area contributed by atoms with E-state index in [1.165, 1.54) is 12.3 Å². The number of carbonyl (C=O) groups is 1. The molecule has 0 saturated heterocycles. The Morgan fingerprint density at radius 3 is 2.77 bits per heavy atom. The van der Waals surface area contributed by atoms with Crippen molar-refractivity contribution in [2.24, 2.45) is 0 Å². The van der Waals surface area contributed by atoms with Gasteiger partial charge in [-0.2, -0.15) is 0 Å². The molecule has 0 fully saturated rings. The third-order valence-corrected chi connectivity index (χ3v) is 2.86. The number of nitrogens with one attached hydrogen (secondary N) is 1. The van der Waals surface area contributed by atoms with Crippen molar-refractivity contribution < 1.29 is 19.2 Å². The Bertz CT molecular complexity index is 545.